The monoisotopic (exact) mass is 229 g/mol. The standard InChI is InChI=1S/C11H16FNOS/c1-2-13-7-10(14)8-15-11-5-3-9(12)4-6-11/h3-6,10,13-14H,2,7-8H2,1H3. The molecule has 0 fully saturated rings. The van der Waals surface area contributed by atoms with Gasteiger partial charge in [-0.1, -0.05) is 6.92 Å². The Morgan fingerprint density at radius 2 is 2.07 bits per heavy atom. The van der Waals surface area contributed by atoms with E-state index in [9.17, 15) is 9.50 Å². The molecular weight excluding hydrogens is 213 g/mol. The molecule has 0 aliphatic heterocycles. The van der Waals surface area contributed by atoms with Gasteiger partial charge in [0.1, 0.15) is 5.82 Å². The third-order valence-corrected chi connectivity index (χ3v) is 3.04. The first-order chi connectivity index (χ1) is 7.22. The first kappa shape index (κ1) is 12.5. The molecule has 1 aromatic carbocycles. The lowest BCUT2D eigenvalue weighted by atomic mass is 10.3. The van der Waals surface area contributed by atoms with Crippen LogP contribution in [0.25, 0.3) is 0 Å². The van der Waals surface area contributed by atoms with Crippen LogP contribution in [0.3, 0.4) is 0 Å². The second-order valence-electron chi connectivity index (χ2n) is 3.23. The fourth-order valence-electron chi connectivity index (χ4n) is 1.09. The molecule has 0 heterocycles. The summed E-state index contributed by atoms with van der Waals surface area (Å²) < 4.78 is 12.6. The SMILES string of the molecule is CCNCC(O)CSc1ccc(F)cc1. The van der Waals surface area contributed by atoms with E-state index in [0.29, 0.717) is 12.3 Å². The second-order valence-corrected chi connectivity index (χ2v) is 4.32. The molecule has 1 unspecified atom stereocenters. The van der Waals surface area contributed by atoms with E-state index in [-0.39, 0.29) is 11.9 Å². The van der Waals surface area contributed by atoms with Crippen molar-refractivity contribution >= 4 is 11.8 Å². The molecule has 15 heavy (non-hydrogen) atoms. The van der Waals surface area contributed by atoms with Crippen molar-refractivity contribution in [2.45, 2.75) is 17.9 Å². The van der Waals surface area contributed by atoms with Gasteiger partial charge in [0, 0.05) is 17.2 Å². The molecule has 0 aliphatic rings. The summed E-state index contributed by atoms with van der Waals surface area (Å²) in [7, 11) is 0. The third-order valence-electron chi connectivity index (χ3n) is 1.89. The number of likely N-dealkylation sites (N-methyl/N-ethyl adjacent to an activating group) is 1. The molecule has 2 nitrogen and oxygen atoms in total. The summed E-state index contributed by atoms with van der Waals surface area (Å²) in [5.41, 5.74) is 0. The summed E-state index contributed by atoms with van der Waals surface area (Å²) in [5.74, 6) is 0.395. The number of rotatable bonds is 6. The van der Waals surface area contributed by atoms with Crippen molar-refractivity contribution in [1.82, 2.24) is 5.32 Å². The number of benzene rings is 1. The van der Waals surface area contributed by atoms with E-state index in [4.69, 9.17) is 0 Å². The van der Waals surface area contributed by atoms with Gasteiger partial charge in [0.15, 0.2) is 0 Å². The minimum atomic E-state index is -0.361. The molecule has 0 bridgehead atoms. The summed E-state index contributed by atoms with van der Waals surface area (Å²) in [5, 5.41) is 12.6. The van der Waals surface area contributed by atoms with Crippen LogP contribution in [0.2, 0.25) is 0 Å². The van der Waals surface area contributed by atoms with Gasteiger partial charge in [0.25, 0.3) is 0 Å². The van der Waals surface area contributed by atoms with Crippen molar-refractivity contribution in [2.75, 3.05) is 18.8 Å². The molecule has 1 rings (SSSR count). The van der Waals surface area contributed by atoms with E-state index in [1.807, 2.05) is 6.92 Å². The van der Waals surface area contributed by atoms with Crippen molar-refractivity contribution in [2.24, 2.45) is 0 Å². The van der Waals surface area contributed by atoms with Crippen LogP contribution in [-0.2, 0) is 0 Å². The lowest BCUT2D eigenvalue weighted by molar-refractivity contribution is 0.197. The number of aliphatic hydroxyl groups excluding tert-OH is 1. The van der Waals surface area contributed by atoms with Crippen LogP contribution in [-0.4, -0.2) is 30.1 Å². The predicted molar refractivity (Wildman–Crippen MR) is 61.7 cm³/mol. The Labute approximate surface area is 93.9 Å². The van der Waals surface area contributed by atoms with Gasteiger partial charge in [-0.25, -0.2) is 4.39 Å². The highest BCUT2D eigenvalue weighted by molar-refractivity contribution is 7.99. The molecule has 0 aliphatic carbocycles. The molecule has 0 saturated heterocycles. The van der Waals surface area contributed by atoms with E-state index < -0.39 is 0 Å². The van der Waals surface area contributed by atoms with Gasteiger partial charge >= 0.3 is 0 Å². The zero-order valence-electron chi connectivity index (χ0n) is 8.74. The highest BCUT2D eigenvalue weighted by Gasteiger charge is 2.03. The summed E-state index contributed by atoms with van der Waals surface area (Å²) in [6.07, 6.45) is -0.361. The Bertz CT molecular complexity index is 278. The molecule has 2 N–H and O–H groups in total. The van der Waals surface area contributed by atoms with E-state index in [1.54, 1.807) is 12.1 Å². The van der Waals surface area contributed by atoms with Crippen molar-refractivity contribution in [1.29, 1.82) is 0 Å². The van der Waals surface area contributed by atoms with Crippen LogP contribution in [0.1, 0.15) is 6.92 Å². The number of thioether (sulfide) groups is 1. The highest BCUT2D eigenvalue weighted by atomic mass is 32.2. The molecule has 4 heteroatoms. The first-order valence-electron chi connectivity index (χ1n) is 4.99. The Balaban J connectivity index is 2.27. The number of hydrogen-bond donors (Lipinski definition) is 2. The lowest BCUT2D eigenvalue weighted by Gasteiger charge is -2.10. The zero-order valence-corrected chi connectivity index (χ0v) is 9.56. The average Bonchev–Trinajstić information content (AvgIpc) is 2.25. The largest absolute Gasteiger partial charge is 0.391 e. The fraction of sp³-hybridized carbons (Fsp3) is 0.455. The minimum Gasteiger partial charge on any atom is -0.391 e. The van der Waals surface area contributed by atoms with Crippen molar-refractivity contribution in [3.8, 4) is 0 Å². The van der Waals surface area contributed by atoms with Crippen LogP contribution < -0.4 is 5.32 Å². The second kappa shape index (κ2) is 6.82. The smallest absolute Gasteiger partial charge is 0.123 e. The van der Waals surface area contributed by atoms with Crippen molar-refractivity contribution < 1.29 is 9.50 Å². The summed E-state index contributed by atoms with van der Waals surface area (Å²) >= 11 is 1.53. The Hall–Kier alpha value is -0.580. The Morgan fingerprint density at radius 1 is 1.40 bits per heavy atom. The number of hydrogen-bond acceptors (Lipinski definition) is 3. The first-order valence-corrected chi connectivity index (χ1v) is 5.98. The molecule has 1 atom stereocenters. The van der Waals surface area contributed by atoms with Gasteiger partial charge in [-0.15, -0.1) is 11.8 Å². The number of halogens is 1. The summed E-state index contributed by atoms with van der Waals surface area (Å²) in [4.78, 5) is 0.979. The maximum atomic E-state index is 12.6. The van der Waals surface area contributed by atoms with Crippen LogP contribution in [0.5, 0.6) is 0 Å². The van der Waals surface area contributed by atoms with Gasteiger partial charge in [-0.05, 0) is 30.8 Å². The van der Waals surface area contributed by atoms with Crippen LogP contribution >= 0.6 is 11.8 Å². The fourth-order valence-corrected chi connectivity index (χ4v) is 1.92. The summed E-state index contributed by atoms with van der Waals surface area (Å²) in [6, 6.07) is 6.30. The molecule has 0 amide bonds. The summed E-state index contributed by atoms with van der Waals surface area (Å²) in [6.45, 7) is 3.46. The van der Waals surface area contributed by atoms with Crippen molar-refractivity contribution in [3.63, 3.8) is 0 Å². The Morgan fingerprint density at radius 3 is 2.67 bits per heavy atom. The third kappa shape index (κ3) is 5.16. The Kier molecular flexibility index (Phi) is 5.68. The topological polar surface area (TPSA) is 32.3 Å². The van der Waals surface area contributed by atoms with Crippen LogP contribution in [0.4, 0.5) is 4.39 Å². The van der Waals surface area contributed by atoms with Crippen LogP contribution in [0.15, 0.2) is 29.2 Å². The van der Waals surface area contributed by atoms with Gasteiger partial charge in [-0.2, -0.15) is 0 Å². The number of aliphatic hydroxyl groups is 1. The normalized spacial score (nSPS) is 12.7. The van der Waals surface area contributed by atoms with E-state index >= 15 is 0 Å². The van der Waals surface area contributed by atoms with Gasteiger partial charge in [0.2, 0.25) is 0 Å². The quantitative estimate of drug-likeness (QED) is 0.731. The average molecular weight is 229 g/mol. The molecule has 84 valence electrons. The van der Waals surface area contributed by atoms with E-state index in [0.717, 1.165) is 11.4 Å². The predicted octanol–water partition coefficient (Wildman–Crippen LogP) is 1.89. The highest BCUT2D eigenvalue weighted by Crippen LogP contribution is 2.18. The zero-order chi connectivity index (χ0) is 11.1. The molecule has 0 aromatic heterocycles. The maximum absolute atomic E-state index is 12.6. The molecule has 1 aromatic rings. The van der Waals surface area contributed by atoms with E-state index in [1.165, 1.54) is 23.9 Å². The lowest BCUT2D eigenvalue weighted by Crippen LogP contribution is -2.28. The minimum absolute atomic E-state index is 0.229. The maximum Gasteiger partial charge on any atom is 0.123 e. The molecule has 0 radical (unpaired) electrons. The van der Waals surface area contributed by atoms with Crippen molar-refractivity contribution in [3.05, 3.63) is 30.1 Å². The van der Waals surface area contributed by atoms with E-state index in [2.05, 4.69) is 5.32 Å². The van der Waals surface area contributed by atoms with Crippen LogP contribution in [0, 0.1) is 5.82 Å². The van der Waals surface area contributed by atoms with Gasteiger partial charge in [-0.3, -0.25) is 0 Å². The van der Waals surface area contributed by atoms with Gasteiger partial charge < -0.3 is 10.4 Å². The number of nitrogens with one attached hydrogen (secondary N) is 1. The molecule has 0 saturated carbocycles. The molecule has 0 spiro atoms. The van der Waals surface area contributed by atoms with Gasteiger partial charge in [0.05, 0.1) is 6.10 Å². The molecular formula is C11H16FNOS.